The summed E-state index contributed by atoms with van der Waals surface area (Å²) in [5, 5.41) is 14.2. The van der Waals surface area contributed by atoms with Gasteiger partial charge in [0.15, 0.2) is 9.84 Å². The van der Waals surface area contributed by atoms with Crippen LogP contribution in [0.4, 0.5) is 0 Å². The minimum absolute atomic E-state index is 0.219. The van der Waals surface area contributed by atoms with E-state index in [9.17, 15) is 18.3 Å². The van der Waals surface area contributed by atoms with Crippen LogP contribution >= 0.6 is 11.3 Å². The summed E-state index contributed by atoms with van der Waals surface area (Å²) in [4.78, 5) is 13.6. The molecule has 2 heterocycles. The minimum atomic E-state index is -3.29. The first-order valence-corrected chi connectivity index (χ1v) is 9.90. The Kier molecular flexibility index (Phi) is 4.27. The van der Waals surface area contributed by atoms with Crippen molar-refractivity contribution in [3.05, 3.63) is 46.2 Å². The van der Waals surface area contributed by atoms with E-state index in [1.165, 1.54) is 11.3 Å². The minimum Gasteiger partial charge on any atom is -0.390 e. The summed E-state index contributed by atoms with van der Waals surface area (Å²) >= 11 is 1.47. The van der Waals surface area contributed by atoms with Gasteiger partial charge >= 0.3 is 0 Å². The number of thiophene rings is 1. The Labute approximate surface area is 138 Å². The van der Waals surface area contributed by atoms with E-state index in [-0.39, 0.29) is 17.4 Å². The van der Waals surface area contributed by atoms with E-state index in [1.54, 1.807) is 5.38 Å². The number of aliphatic hydroxyl groups excluding tert-OH is 1. The van der Waals surface area contributed by atoms with Gasteiger partial charge in [-0.25, -0.2) is 8.42 Å². The van der Waals surface area contributed by atoms with Gasteiger partial charge in [0.1, 0.15) is 0 Å². The normalized spacial score (nSPS) is 22.9. The number of amides is 1. The Hall–Kier alpha value is -1.70. The summed E-state index contributed by atoms with van der Waals surface area (Å²) in [6.45, 7) is 1.94. The molecule has 0 spiro atoms. The second kappa shape index (κ2) is 6.07. The third kappa shape index (κ3) is 3.31. The van der Waals surface area contributed by atoms with Crippen LogP contribution in [0.15, 0.2) is 35.7 Å². The number of aryl methyl sites for hydroxylation is 1. The van der Waals surface area contributed by atoms with Gasteiger partial charge in [-0.3, -0.25) is 4.79 Å². The molecule has 0 bridgehead atoms. The molecule has 122 valence electrons. The Balaban J connectivity index is 1.87. The monoisotopic (exact) mass is 351 g/mol. The topological polar surface area (TPSA) is 83.5 Å². The SMILES string of the molecule is Cc1scc(C(=O)N[C@@H]2CS(=O)(=O)C[C@H]2O)c1-c1ccccc1. The molecule has 1 fully saturated rings. The molecule has 0 unspecified atom stereocenters. The van der Waals surface area contributed by atoms with Gasteiger partial charge in [-0.15, -0.1) is 11.3 Å². The van der Waals surface area contributed by atoms with Gasteiger partial charge < -0.3 is 10.4 Å². The zero-order valence-electron chi connectivity index (χ0n) is 12.5. The third-order valence-electron chi connectivity index (χ3n) is 3.92. The zero-order chi connectivity index (χ0) is 16.6. The molecule has 0 saturated carbocycles. The third-order valence-corrected chi connectivity index (χ3v) is 6.55. The average Bonchev–Trinajstić information content (AvgIpc) is 2.99. The number of carbonyl (C=O) groups is 1. The van der Waals surface area contributed by atoms with Crippen molar-refractivity contribution in [2.45, 2.75) is 19.1 Å². The first-order valence-electron chi connectivity index (χ1n) is 7.20. The molecular weight excluding hydrogens is 334 g/mol. The highest BCUT2D eigenvalue weighted by Crippen LogP contribution is 2.32. The van der Waals surface area contributed by atoms with Crippen LogP contribution < -0.4 is 5.32 Å². The molecule has 1 aromatic carbocycles. The second-order valence-electron chi connectivity index (χ2n) is 5.67. The van der Waals surface area contributed by atoms with Crippen LogP contribution in [0, 0.1) is 6.92 Å². The predicted octanol–water partition coefficient (Wildman–Crippen LogP) is 1.61. The molecule has 1 saturated heterocycles. The number of sulfone groups is 1. The van der Waals surface area contributed by atoms with Crippen molar-refractivity contribution >= 4 is 27.1 Å². The summed E-state index contributed by atoms with van der Waals surface area (Å²) in [5.41, 5.74) is 2.30. The first-order chi connectivity index (χ1) is 10.9. The van der Waals surface area contributed by atoms with Gasteiger partial charge in [0.05, 0.1) is 29.2 Å². The number of hydrogen-bond donors (Lipinski definition) is 2. The van der Waals surface area contributed by atoms with E-state index < -0.39 is 22.0 Å². The predicted molar refractivity (Wildman–Crippen MR) is 90.4 cm³/mol. The molecule has 23 heavy (non-hydrogen) atoms. The number of carbonyl (C=O) groups excluding carboxylic acids is 1. The Bertz CT molecular complexity index is 827. The fourth-order valence-corrected chi connectivity index (χ4v) is 5.41. The number of benzene rings is 1. The van der Waals surface area contributed by atoms with Gasteiger partial charge in [0.2, 0.25) is 0 Å². The molecule has 3 rings (SSSR count). The van der Waals surface area contributed by atoms with E-state index in [0.717, 1.165) is 16.0 Å². The van der Waals surface area contributed by atoms with E-state index in [0.29, 0.717) is 5.56 Å². The van der Waals surface area contributed by atoms with Crippen molar-refractivity contribution < 1.29 is 18.3 Å². The Morgan fingerprint density at radius 1 is 1.26 bits per heavy atom. The Morgan fingerprint density at radius 3 is 2.57 bits per heavy atom. The standard InChI is InChI=1S/C16H17NO4S2/c1-10-15(11-5-3-2-4-6-11)12(7-22-10)16(19)17-13-8-23(20,21)9-14(13)18/h2-7,13-14,18H,8-9H2,1H3,(H,17,19)/t13-,14-/m1/s1. The van der Waals surface area contributed by atoms with E-state index in [1.807, 2.05) is 37.3 Å². The fourth-order valence-electron chi connectivity index (χ4n) is 2.80. The van der Waals surface area contributed by atoms with Crippen molar-refractivity contribution in [3.8, 4) is 11.1 Å². The summed E-state index contributed by atoms with van der Waals surface area (Å²) in [7, 11) is -3.29. The highest BCUT2D eigenvalue weighted by atomic mass is 32.2. The molecule has 0 radical (unpaired) electrons. The average molecular weight is 351 g/mol. The lowest BCUT2D eigenvalue weighted by molar-refractivity contribution is 0.0890. The van der Waals surface area contributed by atoms with Crippen LogP contribution in [0.1, 0.15) is 15.2 Å². The van der Waals surface area contributed by atoms with Crippen LogP contribution in [0.5, 0.6) is 0 Å². The summed E-state index contributed by atoms with van der Waals surface area (Å²) in [6, 6.07) is 8.82. The molecule has 1 aromatic heterocycles. The maximum atomic E-state index is 12.6. The highest BCUT2D eigenvalue weighted by Gasteiger charge is 2.37. The number of aliphatic hydroxyl groups is 1. The molecular formula is C16H17NO4S2. The summed E-state index contributed by atoms with van der Waals surface area (Å²) in [6.07, 6.45) is -1.05. The molecule has 1 aliphatic rings. The zero-order valence-corrected chi connectivity index (χ0v) is 14.2. The molecule has 5 nitrogen and oxygen atoms in total. The number of nitrogens with one attached hydrogen (secondary N) is 1. The first kappa shape index (κ1) is 16.2. The van der Waals surface area contributed by atoms with Gasteiger partial charge in [-0.05, 0) is 12.5 Å². The highest BCUT2D eigenvalue weighted by molar-refractivity contribution is 7.91. The fraction of sp³-hybridized carbons (Fsp3) is 0.312. The molecule has 1 aliphatic heterocycles. The van der Waals surface area contributed by atoms with Crippen LogP contribution in [-0.2, 0) is 9.84 Å². The molecule has 0 aliphatic carbocycles. The van der Waals surface area contributed by atoms with Gasteiger partial charge in [0, 0.05) is 15.8 Å². The molecule has 7 heteroatoms. The smallest absolute Gasteiger partial charge is 0.253 e. The maximum absolute atomic E-state index is 12.6. The quantitative estimate of drug-likeness (QED) is 0.880. The van der Waals surface area contributed by atoms with Crippen molar-refractivity contribution in [2.75, 3.05) is 11.5 Å². The molecule has 2 atom stereocenters. The number of rotatable bonds is 3. The van der Waals surface area contributed by atoms with Crippen molar-refractivity contribution in [3.63, 3.8) is 0 Å². The van der Waals surface area contributed by atoms with Crippen LogP contribution in [0.3, 0.4) is 0 Å². The van der Waals surface area contributed by atoms with Gasteiger partial charge in [-0.1, -0.05) is 30.3 Å². The van der Waals surface area contributed by atoms with E-state index >= 15 is 0 Å². The lowest BCUT2D eigenvalue weighted by atomic mass is 10.0. The molecule has 2 N–H and O–H groups in total. The van der Waals surface area contributed by atoms with Crippen LogP contribution in [0.2, 0.25) is 0 Å². The van der Waals surface area contributed by atoms with Gasteiger partial charge in [-0.2, -0.15) is 0 Å². The summed E-state index contributed by atoms with van der Waals surface area (Å²) < 4.78 is 23.1. The van der Waals surface area contributed by atoms with Crippen molar-refractivity contribution in [2.24, 2.45) is 0 Å². The largest absolute Gasteiger partial charge is 0.390 e. The lowest BCUT2D eigenvalue weighted by Gasteiger charge is -2.15. The Morgan fingerprint density at radius 2 is 1.96 bits per heavy atom. The molecule has 1 amide bonds. The lowest BCUT2D eigenvalue weighted by Crippen LogP contribution is -2.42. The van der Waals surface area contributed by atoms with E-state index in [4.69, 9.17) is 0 Å². The van der Waals surface area contributed by atoms with Crippen molar-refractivity contribution in [1.82, 2.24) is 5.32 Å². The number of hydrogen-bond acceptors (Lipinski definition) is 5. The van der Waals surface area contributed by atoms with E-state index in [2.05, 4.69) is 5.32 Å². The second-order valence-corrected chi connectivity index (χ2v) is 8.91. The maximum Gasteiger partial charge on any atom is 0.253 e. The van der Waals surface area contributed by atoms with Crippen LogP contribution in [-0.4, -0.2) is 43.1 Å². The molecule has 2 aromatic rings. The van der Waals surface area contributed by atoms with Crippen molar-refractivity contribution in [1.29, 1.82) is 0 Å². The summed E-state index contributed by atoms with van der Waals surface area (Å²) in [5.74, 6) is -0.870. The van der Waals surface area contributed by atoms with Gasteiger partial charge in [0.25, 0.3) is 5.91 Å². The van der Waals surface area contributed by atoms with Crippen LogP contribution in [0.25, 0.3) is 11.1 Å².